The molecule has 1 aromatic heterocycles. The second-order valence-corrected chi connectivity index (χ2v) is 7.25. The minimum atomic E-state index is -0.243. The highest BCUT2D eigenvalue weighted by molar-refractivity contribution is 14.0. The first-order valence-corrected chi connectivity index (χ1v) is 8.60. The molecule has 0 aliphatic heterocycles. The van der Waals surface area contributed by atoms with Crippen molar-refractivity contribution in [3.05, 3.63) is 50.7 Å². The molecule has 3 rings (SSSR count). The van der Waals surface area contributed by atoms with E-state index in [0.29, 0.717) is 23.1 Å². The molecule has 4 nitrogen and oxygen atoms in total. The minimum Gasteiger partial charge on any atom is -0.353 e. The third kappa shape index (κ3) is 4.58. The first-order chi connectivity index (χ1) is 11.1. The molecule has 2 atom stereocenters. The second-order valence-electron chi connectivity index (χ2n) is 5.52. The lowest BCUT2D eigenvalue weighted by Crippen LogP contribution is -2.38. The van der Waals surface area contributed by atoms with Gasteiger partial charge >= 0.3 is 0 Å². The van der Waals surface area contributed by atoms with Gasteiger partial charge in [-0.1, -0.05) is 17.7 Å². The zero-order valence-corrected chi connectivity index (χ0v) is 17.2. The van der Waals surface area contributed by atoms with Crippen LogP contribution in [0, 0.1) is 12.7 Å². The first kappa shape index (κ1) is 19.4. The van der Waals surface area contributed by atoms with E-state index in [-0.39, 0.29) is 41.8 Å². The molecule has 1 aromatic carbocycles. The Morgan fingerprint density at radius 2 is 2.29 bits per heavy atom. The molecule has 1 saturated carbocycles. The summed E-state index contributed by atoms with van der Waals surface area (Å²) in [6.07, 6.45) is 2.70. The van der Waals surface area contributed by atoms with E-state index in [1.165, 1.54) is 10.9 Å². The van der Waals surface area contributed by atoms with Gasteiger partial charge < -0.3 is 10.6 Å². The topological polar surface area (TPSA) is 49.3 Å². The molecule has 0 bridgehead atoms. The Bertz CT molecular complexity index is 716. The molecule has 1 heterocycles. The molecule has 24 heavy (non-hydrogen) atoms. The average Bonchev–Trinajstić information content (AvgIpc) is 3.14. The lowest BCUT2D eigenvalue weighted by molar-refractivity contribution is 0.608. The Kier molecular flexibility index (Phi) is 6.82. The average molecular weight is 481 g/mol. The van der Waals surface area contributed by atoms with Crippen LogP contribution < -0.4 is 10.6 Å². The molecule has 1 aliphatic carbocycles. The van der Waals surface area contributed by atoms with E-state index in [2.05, 4.69) is 20.6 Å². The van der Waals surface area contributed by atoms with Gasteiger partial charge in [-0.05, 0) is 25.5 Å². The van der Waals surface area contributed by atoms with Crippen molar-refractivity contribution >= 4 is 52.9 Å². The smallest absolute Gasteiger partial charge is 0.191 e. The number of aromatic nitrogens is 1. The van der Waals surface area contributed by atoms with E-state index in [0.717, 1.165) is 11.4 Å². The molecule has 8 heteroatoms. The second kappa shape index (κ2) is 8.44. The van der Waals surface area contributed by atoms with Crippen molar-refractivity contribution in [1.82, 2.24) is 15.6 Å². The van der Waals surface area contributed by atoms with Gasteiger partial charge in [-0.15, -0.1) is 35.3 Å². The number of halogens is 3. The fraction of sp³-hybridized carbons (Fsp3) is 0.375. The Morgan fingerprint density at radius 3 is 2.92 bits per heavy atom. The van der Waals surface area contributed by atoms with Gasteiger partial charge in [0.2, 0.25) is 0 Å². The summed E-state index contributed by atoms with van der Waals surface area (Å²) in [6, 6.07) is 4.96. The van der Waals surface area contributed by atoms with Crippen molar-refractivity contribution in [2.45, 2.75) is 31.8 Å². The largest absolute Gasteiger partial charge is 0.353 e. The van der Waals surface area contributed by atoms with Crippen LogP contribution in [0.4, 0.5) is 4.39 Å². The maximum Gasteiger partial charge on any atom is 0.191 e. The zero-order chi connectivity index (χ0) is 16.4. The highest BCUT2D eigenvalue weighted by Gasteiger charge is 2.41. The summed E-state index contributed by atoms with van der Waals surface area (Å²) in [7, 11) is 1.72. The van der Waals surface area contributed by atoms with Crippen LogP contribution in [0.25, 0.3) is 0 Å². The zero-order valence-electron chi connectivity index (χ0n) is 13.3. The van der Waals surface area contributed by atoms with E-state index in [1.807, 2.05) is 13.1 Å². The van der Waals surface area contributed by atoms with Crippen molar-refractivity contribution in [2.24, 2.45) is 4.99 Å². The normalized spacial score (nSPS) is 19.6. The van der Waals surface area contributed by atoms with Crippen LogP contribution >= 0.6 is 46.9 Å². The van der Waals surface area contributed by atoms with Crippen LogP contribution in [0.5, 0.6) is 0 Å². The maximum atomic E-state index is 13.9. The van der Waals surface area contributed by atoms with E-state index in [9.17, 15) is 4.39 Å². The fourth-order valence-corrected chi connectivity index (χ4v) is 3.58. The molecule has 1 fully saturated rings. The molecule has 0 saturated heterocycles. The van der Waals surface area contributed by atoms with Crippen molar-refractivity contribution in [3.63, 3.8) is 0 Å². The summed E-state index contributed by atoms with van der Waals surface area (Å²) in [6.45, 7) is 2.65. The molecule has 0 radical (unpaired) electrons. The summed E-state index contributed by atoms with van der Waals surface area (Å²) in [5.74, 6) is 0.537. The molecule has 2 aromatic rings. The first-order valence-electron chi connectivity index (χ1n) is 7.41. The number of guanidine groups is 1. The predicted octanol–water partition coefficient (Wildman–Crippen LogP) is 4.08. The van der Waals surface area contributed by atoms with E-state index in [4.69, 9.17) is 11.6 Å². The maximum absolute atomic E-state index is 13.9. The minimum absolute atomic E-state index is 0. The Hall–Kier alpha value is -0.930. The van der Waals surface area contributed by atoms with Crippen molar-refractivity contribution < 1.29 is 4.39 Å². The third-order valence-electron chi connectivity index (χ3n) is 3.78. The number of benzene rings is 1. The number of thiazole rings is 1. The summed E-state index contributed by atoms with van der Waals surface area (Å²) < 4.78 is 13.9. The van der Waals surface area contributed by atoms with Crippen LogP contribution in [-0.2, 0) is 6.54 Å². The number of aliphatic imine (C=N–C) groups is 1. The number of rotatable bonds is 4. The quantitative estimate of drug-likeness (QED) is 0.394. The fourth-order valence-electron chi connectivity index (χ4n) is 2.55. The summed E-state index contributed by atoms with van der Waals surface area (Å²) >= 11 is 7.78. The van der Waals surface area contributed by atoms with Crippen molar-refractivity contribution in [2.75, 3.05) is 7.05 Å². The Morgan fingerprint density at radius 1 is 1.50 bits per heavy atom. The van der Waals surface area contributed by atoms with Gasteiger partial charge in [-0.2, -0.15) is 0 Å². The van der Waals surface area contributed by atoms with Gasteiger partial charge in [0.05, 0.1) is 6.54 Å². The summed E-state index contributed by atoms with van der Waals surface area (Å²) in [5.41, 5.74) is 0.595. The van der Waals surface area contributed by atoms with Crippen LogP contribution in [-0.4, -0.2) is 24.0 Å². The number of hydrogen-bond acceptors (Lipinski definition) is 3. The van der Waals surface area contributed by atoms with Crippen molar-refractivity contribution in [3.8, 4) is 0 Å². The van der Waals surface area contributed by atoms with Crippen molar-refractivity contribution in [1.29, 1.82) is 0 Å². The monoisotopic (exact) mass is 480 g/mol. The SMILES string of the molecule is CN=C(NCc1ncc(C)s1)NC1CC1c1c(F)cccc1Cl.I. The van der Waals surface area contributed by atoms with Gasteiger partial charge in [-0.3, -0.25) is 4.99 Å². The van der Waals surface area contributed by atoms with Gasteiger partial charge in [0.1, 0.15) is 10.8 Å². The van der Waals surface area contributed by atoms with Gasteiger partial charge in [0.15, 0.2) is 5.96 Å². The highest BCUT2D eigenvalue weighted by atomic mass is 127. The van der Waals surface area contributed by atoms with Crippen LogP contribution in [0.1, 0.15) is 27.8 Å². The molecular formula is C16H19ClFIN4S. The number of aryl methyl sites for hydroxylation is 1. The molecule has 0 spiro atoms. The molecule has 2 N–H and O–H groups in total. The summed E-state index contributed by atoms with van der Waals surface area (Å²) in [4.78, 5) is 9.70. The number of nitrogens with zero attached hydrogens (tertiary/aromatic N) is 2. The lowest BCUT2D eigenvalue weighted by atomic mass is 10.1. The van der Waals surface area contributed by atoms with Crippen LogP contribution in [0.3, 0.4) is 0 Å². The number of nitrogens with one attached hydrogen (secondary N) is 2. The molecular weight excluding hydrogens is 462 g/mol. The van der Waals surface area contributed by atoms with E-state index >= 15 is 0 Å². The van der Waals surface area contributed by atoms with Crippen LogP contribution in [0.15, 0.2) is 29.4 Å². The van der Waals surface area contributed by atoms with Gasteiger partial charge in [0.25, 0.3) is 0 Å². The molecule has 2 unspecified atom stereocenters. The Balaban J connectivity index is 0.00000208. The predicted molar refractivity (Wildman–Crippen MR) is 108 cm³/mol. The standard InChI is InChI=1S/C16H18ClFN4S.HI/c1-9-7-20-14(23-9)8-21-16(19-2)22-13-6-10(13)15-11(17)4-3-5-12(15)18;/h3-5,7,10,13H,6,8H2,1-2H3,(H2,19,21,22);1H. The van der Waals surface area contributed by atoms with Gasteiger partial charge in [0, 0.05) is 40.7 Å². The van der Waals surface area contributed by atoms with Crippen LogP contribution in [0.2, 0.25) is 5.02 Å². The highest BCUT2D eigenvalue weighted by Crippen LogP contribution is 2.44. The Labute approximate surface area is 167 Å². The van der Waals surface area contributed by atoms with E-state index in [1.54, 1.807) is 30.5 Å². The molecule has 1 aliphatic rings. The number of hydrogen-bond donors (Lipinski definition) is 2. The molecule has 0 amide bonds. The van der Waals surface area contributed by atoms with E-state index < -0.39 is 0 Å². The summed E-state index contributed by atoms with van der Waals surface area (Å²) in [5, 5.41) is 8.04. The molecule has 130 valence electrons. The van der Waals surface area contributed by atoms with Gasteiger partial charge in [-0.25, -0.2) is 9.37 Å². The third-order valence-corrected chi connectivity index (χ3v) is 5.03. The lowest BCUT2D eigenvalue weighted by Gasteiger charge is -2.11.